The highest BCUT2D eigenvalue weighted by Gasteiger charge is 2.16. The van der Waals surface area contributed by atoms with Gasteiger partial charge < -0.3 is 5.32 Å². The normalized spacial score (nSPS) is 15.9. The highest BCUT2D eigenvalue weighted by molar-refractivity contribution is 7.09. The Hall–Kier alpha value is -0.410. The summed E-state index contributed by atoms with van der Waals surface area (Å²) in [6.07, 6.45) is 3.15. The van der Waals surface area contributed by atoms with Gasteiger partial charge in [-0.2, -0.15) is 0 Å². The maximum Gasteiger partial charge on any atom is 0.0794 e. The molecule has 0 radical (unpaired) electrons. The third-order valence-electron chi connectivity index (χ3n) is 2.28. The van der Waals surface area contributed by atoms with Gasteiger partial charge in [-0.3, -0.25) is 4.98 Å². The molecular weight excluding hydrogens is 168 g/mol. The van der Waals surface area contributed by atoms with E-state index in [0.29, 0.717) is 12.0 Å². The van der Waals surface area contributed by atoms with Crippen molar-refractivity contribution in [3.8, 4) is 0 Å². The van der Waals surface area contributed by atoms with Crippen LogP contribution in [0.1, 0.15) is 31.2 Å². The van der Waals surface area contributed by atoms with Gasteiger partial charge in [-0.15, -0.1) is 11.3 Å². The van der Waals surface area contributed by atoms with Crippen LogP contribution in [-0.2, 0) is 0 Å². The van der Waals surface area contributed by atoms with Gasteiger partial charge in [0.15, 0.2) is 0 Å². The summed E-state index contributed by atoms with van der Waals surface area (Å²) in [7, 11) is 2.01. The molecule has 68 valence electrons. The molecule has 12 heavy (non-hydrogen) atoms. The summed E-state index contributed by atoms with van der Waals surface area (Å²) in [4.78, 5) is 5.43. The number of aromatic nitrogens is 1. The van der Waals surface area contributed by atoms with Crippen molar-refractivity contribution in [2.45, 2.75) is 26.3 Å². The lowest BCUT2D eigenvalue weighted by Crippen LogP contribution is -2.21. The van der Waals surface area contributed by atoms with Crippen LogP contribution in [-0.4, -0.2) is 12.0 Å². The smallest absolute Gasteiger partial charge is 0.0794 e. The first-order chi connectivity index (χ1) is 5.79. The molecule has 1 aromatic rings. The van der Waals surface area contributed by atoms with E-state index in [9.17, 15) is 0 Å². The van der Waals surface area contributed by atoms with E-state index in [4.69, 9.17) is 0 Å². The minimum Gasteiger partial charge on any atom is -0.312 e. The molecule has 1 N–H and O–H groups in total. The molecule has 2 atom stereocenters. The minimum atomic E-state index is 0.475. The molecule has 0 aliphatic carbocycles. The van der Waals surface area contributed by atoms with Gasteiger partial charge in [-0.1, -0.05) is 20.3 Å². The van der Waals surface area contributed by atoms with Gasteiger partial charge in [0.2, 0.25) is 0 Å². The molecule has 0 spiro atoms. The predicted octanol–water partition coefficient (Wildman–Crippen LogP) is 2.45. The van der Waals surface area contributed by atoms with Crippen LogP contribution in [0.5, 0.6) is 0 Å². The second-order valence-corrected chi connectivity index (χ2v) is 3.97. The fourth-order valence-electron chi connectivity index (χ4n) is 1.32. The van der Waals surface area contributed by atoms with E-state index in [1.165, 1.54) is 11.3 Å². The predicted molar refractivity (Wildman–Crippen MR) is 53.4 cm³/mol. The lowest BCUT2D eigenvalue weighted by atomic mass is 9.98. The summed E-state index contributed by atoms with van der Waals surface area (Å²) in [6.45, 7) is 4.48. The molecule has 0 saturated carbocycles. The average Bonchev–Trinajstić information content (AvgIpc) is 2.58. The van der Waals surface area contributed by atoms with Crippen LogP contribution in [0.3, 0.4) is 0 Å². The third-order valence-corrected chi connectivity index (χ3v) is 3.14. The quantitative estimate of drug-likeness (QED) is 0.777. The number of rotatable bonds is 4. The fraction of sp³-hybridized carbons (Fsp3) is 0.667. The van der Waals surface area contributed by atoms with Crippen molar-refractivity contribution >= 4 is 11.3 Å². The highest BCUT2D eigenvalue weighted by atomic mass is 32.1. The van der Waals surface area contributed by atoms with Crippen LogP contribution < -0.4 is 5.32 Å². The maximum absolute atomic E-state index is 4.09. The Balaban J connectivity index is 2.69. The van der Waals surface area contributed by atoms with Crippen LogP contribution in [0, 0.1) is 5.92 Å². The molecule has 1 rings (SSSR count). The van der Waals surface area contributed by atoms with E-state index >= 15 is 0 Å². The van der Waals surface area contributed by atoms with Gasteiger partial charge in [0.25, 0.3) is 0 Å². The number of hydrogen-bond donors (Lipinski definition) is 1. The largest absolute Gasteiger partial charge is 0.312 e. The zero-order valence-electron chi connectivity index (χ0n) is 7.87. The van der Waals surface area contributed by atoms with E-state index in [-0.39, 0.29) is 0 Å². The number of thiazole rings is 1. The van der Waals surface area contributed by atoms with Crippen molar-refractivity contribution in [2.24, 2.45) is 5.92 Å². The van der Waals surface area contributed by atoms with Crippen molar-refractivity contribution in [1.29, 1.82) is 0 Å². The maximum atomic E-state index is 4.09. The number of nitrogens with one attached hydrogen (secondary N) is 1. The van der Waals surface area contributed by atoms with E-state index in [0.717, 1.165) is 0 Å². The Morgan fingerprint density at radius 1 is 1.67 bits per heavy atom. The van der Waals surface area contributed by atoms with Crippen molar-refractivity contribution < 1.29 is 0 Å². The molecular formula is C9H16N2S. The average molecular weight is 184 g/mol. The molecule has 0 fully saturated rings. The van der Waals surface area contributed by atoms with Gasteiger partial charge >= 0.3 is 0 Å². The molecule has 0 aliphatic heterocycles. The van der Waals surface area contributed by atoms with Gasteiger partial charge in [0, 0.05) is 17.1 Å². The molecule has 0 aliphatic rings. The molecule has 0 bridgehead atoms. The van der Waals surface area contributed by atoms with E-state index in [2.05, 4.69) is 24.1 Å². The number of hydrogen-bond acceptors (Lipinski definition) is 3. The van der Waals surface area contributed by atoms with Gasteiger partial charge in [0.05, 0.1) is 5.51 Å². The Morgan fingerprint density at radius 2 is 2.42 bits per heavy atom. The van der Waals surface area contributed by atoms with Crippen LogP contribution in [0.25, 0.3) is 0 Å². The van der Waals surface area contributed by atoms with E-state index in [1.54, 1.807) is 11.3 Å². The lowest BCUT2D eigenvalue weighted by molar-refractivity contribution is 0.405. The molecule has 0 saturated heterocycles. The second kappa shape index (κ2) is 4.58. The molecule has 1 heterocycles. The molecule has 0 aromatic carbocycles. The third kappa shape index (κ3) is 2.05. The standard InChI is InChI=1S/C9H16N2S/c1-4-7(2)9(10-3)8-5-11-6-12-8/h5-7,9-10H,4H2,1-3H3. The van der Waals surface area contributed by atoms with Gasteiger partial charge in [-0.25, -0.2) is 0 Å². The van der Waals surface area contributed by atoms with Crippen molar-refractivity contribution in [1.82, 2.24) is 10.3 Å². The Kier molecular flexibility index (Phi) is 3.69. The Bertz CT molecular complexity index is 208. The first kappa shape index (κ1) is 9.68. The SMILES string of the molecule is CCC(C)C(NC)c1cncs1. The van der Waals surface area contributed by atoms with Gasteiger partial charge in [0.1, 0.15) is 0 Å². The summed E-state index contributed by atoms with van der Waals surface area (Å²) in [6, 6.07) is 0.475. The fourth-order valence-corrected chi connectivity index (χ4v) is 2.18. The van der Waals surface area contributed by atoms with Crippen LogP contribution in [0.4, 0.5) is 0 Å². The van der Waals surface area contributed by atoms with Crippen LogP contribution >= 0.6 is 11.3 Å². The zero-order chi connectivity index (χ0) is 8.97. The first-order valence-corrected chi connectivity index (χ1v) is 5.23. The monoisotopic (exact) mass is 184 g/mol. The van der Waals surface area contributed by atoms with E-state index < -0.39 is 0 Å². The van der Waals surface area contributed by atoms with Crippen molar-refractivity contribution in [3.05, 3.63) is 16.6 Å². The lowest BCUT2D eigenvalue weighted by Gasteiger charge is -2.20. The Labute approximate surface area is 78.0 Å². The minimum absolute atomic E-state index is 0.475. The summed E-state index contributed by atoms with van der Waals surface area (Å²) in [5.74, 6) is 0.676. The zero-order valence-corrected chi connectivity index (χ0v) is 8.69. The summed E-state index contributed by atoms with van der Waals surface area (Å²) in [5.41, 5.74) is 1.89. The van der Waals surface area contributed by atoms with Crippen molar-refractivity contribution in [2.75, 3.05) is 7.05 Å². The van der Waals surface area contributed by atoms with Crippen molar-refractivity contribution in [3.63, 3.8) is 0 Å². The Morgan fingerprint density at radius 3 is 2.83 bits per heavy atom. The summed E-state index contributed by atoms with van der Waals surface area (Å²) < 4.78 is 0. The van der Waals surface area contributed by atoms with Crippen LogP contribution in [0.2, 0.25) is 0 Å². The summed E-state index contributed by atoms with van der Waals surface area (Å²) >= 11 is 1.73. The first-order valence-electron chi connectivity index (χ1n) is 4.35. The molecule has 2 nitrogen and oxygen atoms in total. The summed E-state index contributed by atoms with van der Waals surface area (Å²) in [5, 5.41) is 3.33. The van der Waals surface area contributed by atoms with Gasteiger partial charge in [-0.05, 0) is 13.0 Å². The van der Waals surface area contributed by atoms with Crippen LogP contribution in [0.15, 0.2) is 11.7 Å². The topological polar surface area (TPSA) is 24.9 Å². The van der Waals surface area contributed by atoms with E-state index in [1.807, 2.05) is 18.8 Å². The molecule has 1 aromatic heterocycles. The number of nitrogens with zero attached hydrogens (tertiary/aromatic N) is 1. The molecule has 3 heteroatoms. The second-order valence-electron chi connectivity index (χ2n) is 3.06. The molecule has 0 amide bonds. The molecule has 2 unspecified atom stereocenters. The highest BCUT2D eigenvalue weighted by Crippen LogP contribution is 2.26.